The van der Waals surface area contributed by atoms with Crippen LogP contribution in [0.25, 0.3) is 0 Å². The number of allylic oxidation sites excluding steroid dienone is 2. The van der Waals surface area contributed by atoms with Crippen molar-refractivity contribution in [3.8, 4) is 0 Å². The second-order valence-corrected chi connectivity index (χ2v) is 8.79. The van der Waals surface area contributed by atoms with Gasteiger partial charge in [-0.3, -0.25) is 24.4 Å². The van der Waals surface area contributed by atoms with E-state index in [1.54, 1.807) is 0 Å². The van der Waals surface area contributed by atoms with Gasteiger partial charge in [0, 0.05) is 52.4 Å². The van der Waals surface area contributed by atoms with Gasteiger partial charge in [0.05, 0.1) is 18.4 Å². The number of fused-ring (bicyclic) bond motifs is 5. The smallest absolute Gasteiger partial charge is 0.233 e. The molecule has 30 heavy (non-hydrogen) atoms. The first kappa shape index (κ1) is 21.3. The van der Waals surface area contributed by atoms with E-state index in [0.29, 0.717) is 13.1 Å². The van der Waals surface area contributed by atoms with Crippen LogP contribution in [0.1, 0.15) is 20.3 Å². The second kappa shape index (κ2) is 9.47. The highest BCUT2D eigenvalue weighted by atomic mass is 16.2. The van der Waals surface area contributed by atoms with E-state index in [1.807, 2.05) is 6.92 Å². The quantitative estimate of drug-likeness (QED) is 0.251. The molecule has 0 aromatic carbocycles. The number of hydrogen-bond donors (Lipinski definition) is 2. The number of rotatable bonds is 8. The summed E-state index contributed by atoms with van der Waals surface area (Å²) in [5.41, 5.74) is 0. The number of nitrogens with one attached hydrogen (secondary N) is 2. The first-order chi connectivity index (χ1) is 14.6. The van der Waals surface area contributed by atoms with Gasteiger partial charge in [0.25, 0.3) is 0 Å². The average Bonchev–Trinajstić information content (AvgIpc) is 3.44. The number of aliphatic imine (C=N–C) groups is 1. The highest BCUT2D eigenvalue weighted by Gasteiger charge is 2.58. The number of hydrogen-bond acceptors (Lipinski definition) is 5. The standard InChI is InChI=1S/C22H36N6O2/c1-3-23-22(24-7-9-27-13-11-26(4-2)12-14-27)25-8-10-28-20(29)18-16-5-6-17(15-16)19(18)21(28)30/h5-6,16-19H,3-4,7-15H2,1-2H3,(H2,23,24,25). The zero-order chi connectivity index (χ0) is 21.1. The number of nitrogens with zero attached hydrogens (tertiary/aromatic N) is 4. The molecule has 0 radical (unpaired) electrons. The van der Waals surface area contributed by atoms with E-state index in [0.717, 1.165) is 64.7 Å². The number of amides is 2. The molecule has 166 valence electrons. The lowest BCUT2D eigenvalue weighted by atomic mass is 9.85. The number of likely N-dealkylation sites (N-methyl/N-ethyl adjacent to an activating group) is 1. The maximum atomic E-state index is 12.8. The molecule has 2 heterocycles. The van der Waals surface area contributed by atoms with E-state index < -0.39 is 0 Å². The lowest BCUT2D eigenvalue weighted by Gasteiger charge is -2.33. The van der Waals surface area contributed by atoms with Gasteiger partial charge < -0.3 is 15.5 Å². The normalized spacial score (nSPS) is 31.7. The van der Waals surface area contributed by atoms with Gasteiger partial charge >= 0.3 is 0 Å². The number of guanidine groups is 1. The van der Waals surface area contributed by atoms with Crippen LogP contribution in [0, 0.1) is 23.7 Å². The summed E-state index contributed by atoms with van der Waals surface area (Å²) in [4.78, 5) is 36.6. The van der Waals surface area contributed by atoms with Crippen molar-refractivity contribution in [1.82, 2.24) is 25.3 Å². The van der Waals surface area contributed by atoms with Gasteiger partial charge in [-0.2, -0.15) is 0 Å². The molecule has 8 nitrogen and oxygen atoms in total. The molecule has 2 saturated heterocycles. The van der Waals surface area contributed by atoms with Crippen molar-refractivity contribution in [2.24, 2.45) is 28.7 Å². The van der Waals surface area contributed by atoms with Gasteiger partial charge in [-0.05, 0) is 31.7 Å². The Hall–Kier alpha value is -1.93. The summed E-state index contributed by atoms with van der Waals surface area (Å²) in [5, 5.41) is 6.56. The van der Waals surface area contributed by atoms with Gasteiger partial charge in [-0.25, -0.2) is 0 Å². The Morgan fingerprint density at radius 1 is 0.967 bits per heavy atom. The molecule has 0 aromatic rings. The molecule has 1 saturated carbocycles. The van der Waals surface area contributed by atoms with Crippen LogP contribution in [0.2, 0.25) is 0 Å². The number of carbonyl (C=O) groups excluding carboxylic acids is 2. The Bertz CT molecular complexity index is 670. The Morgan fingerprint density at radius 3 is 2.20 bits per heavy atom. The Balaban J connectivity index is 1.22. The monoisotopic (exact) mass is 416 g/mol. The van der Waals surface area contributed by atoms with Crippen LogP contribution in [0.5, 0.6) is 0 Å². The molecule has 2 amide bonds. The lowest BCUT2D eigenvalue weighted by molar-refractivity contribution is -0.140. The molecule has 4 unspecified atom stereocenters. The van der Waals surface area contributed by atoms with Crippen LogP contribution in [-0.4, -0.2) is 97.9 Å². The summed E-state index contributed by atoms with van der Waals surface area (Å²) >= 11 is 0. The molecule has 4 aliphatic rings. The van der Waals surface area contributed by atoms with E-state index in [9.17, 15) is 9.59 Å². The van der Waals surface area contributed by atoms with Crippen molar-refractivity contribution < 1.29 is 9.59 Å². The van der Waals surface area contributed by atoms with E-state index in [-0.39, 0.29) is 35.5 Å². The van der Waals surface area contributed by atoms with Crippen LogP contribution in [0.3, 0.4) is 0 Å². The van der Waals surface area contributed by atoms with E-state index in [2.05, 4.69) is 44.5 Å². The topological polar surface area (TPSA) is 80.3 Å². The first-order valence-corrected chi connectivity index (χ1v) is 11.6. The van der Waals surface area contributed by atoms with E-state index >= 15 is 0 Å². The van der Waals surface area contributed by atoms with E-state index in [1.165, 1.54) is 4.90 Å². The average molecular weight is 417 g/mol. The molecule has 3 fully saturated rings. The van der Waals surface area contributed by atoms with Crippen LogP contribution in [0.4, 0.5) is 0 Å². The van der Waals surface area contributed by atoms with Crippen LogP contribution in [-0.2, 0) is 9.59 Å². The number of piperazine rings is 1. The molecule has 4 rings (SSSR count). The maximum Gasteiger partial charge on any atom is 0.233 e. The molecule has 8 heteroatoms. The van der Waals surface area contributed by atoms with Crippen molar-refractivity contribution in [3.63, 3.8) is 0 Å². The molecule has 2 aliphatic heterocycles. The Morgan fingerprint density at radius 2 is 1.60 bits per heavy atom. The predicted molar refractivity (Wildman–Crippen MR) is 117 cm³/mol. The zero-order valence-electron chi connectivity index (χ0n) is 18.3. The minimum atomic E-state index is -0.109. The molecular weight excluding hydrogens is 380 g/mol. The molecule has 2 N–H and O–H groups in total. The SMILES string of the molecule is CCNC(=NCCN1CCN(CC)CC1)NCCN1C(=O)C2C3C=CC(C3)C2C1=O. The highest BCUT2D eigenvalue weighted by Crippen LogP contribution is 2.52. The summed E-state index contributed by atoms with van der Waals surface area (Å²) in [7, 11) is 0. The van der Waals surface area contributed by atoms with Gasteiger partial charge in [0.1, 0.15) is 0 Å². The zero-order valence-corrected chi connectivity index (χ0v) is 18.3. The summed E-state index contributed by atoms with van der Waals surface area (Å²) in [6.07, 6.45) is 5.25. The van der Waals surface area contributed by atoms with Crippen LogP contribution >= 0.6 is 0 Å². The molecule has 0 spiro atoms. The fourth-order valence-corrected chi connectivity index (χ4v) is 5.44. The first-order valence-electron chi connectivity index (χ1n) is 11.6. The lowest BCUT2D eigenvalue weighted by Crippen LogP contribution is -2.47. The highest BCUT2D eigenvalue weighted by molar-refractivity contribution is 6.06. The third kappa shape index (κ3) is 4.25. The van der Waals surface area contributed by atoms with Crippen molar-refractivity contribution >= 4 is 17.8 Å². The van der Waals surface area contributed by atoms with Gasteiger partial charge in [-0.15, -0.1) is 0 Å². The fraction of sp³-hybridized carbons (Fsp3) is 0.773. The summed E-state index contributed by atoms with van der Waals surface area (Å²) in [5.74, 6) is 1.13. The molecule has 4 atom stereocenters. The number of likely N-dealkylation sites (tertiary alicyclic amines) is 1. The maximum absolute atomic E-state index is 12.8. The molecular formula is C22H36N6O2. The third-order valence-corrected chi connectivity index (χ3v) is 7.13. The predicted octanol–water partition coefficient (Wildman–Crippen LogP) is -0.0139. The molecule has 2 bridgehead atoms. The number of imide groups is 1. The van der Waals surface area contributed by atoms with Gasteiger partial charge in [-0.1, -0.05) is 19.1 Å². The third-order valence-electron chi connectivity index (χ3n) is 7.13. The largest absolute Gasteiger partial charge is 0.357 e. The summed E-state index contributed by atoms with van der Waals surface area (Å²) < 4.78 is 0. The Labute approximate surface area is 179 Å². The van der Waals surface area contributed by atoms with Gasteiger partial charge in [0.15, 0.2) is 5.96 Å². The summed E-state index contributed by atoms with van der Waals surface area (Å²) in [6.45, 7) is 13.3. The van der Waals surface area contributed by atoms with Gasteiger partial charge in [0.2, 0.25) is 11.8 Å². The van der Waals surface area contributed by atoms with E-state index in [4.69, 9.17) is 0 Å². The fourth-order valence-electron chi connectivity index (χ4n) is 5.44. The van der Waals surface area contributed by atoms with Crippen molar-refractivity contribution in [2.45, 2.75) is 20.3 Å². The van der Waals surface area contributed by atoms with Crippen molar-refractivity contribution in [3.05, 3.63) is 12.2 Å². The molecule has 0 aromatic heterocycles. The second-order valence-electron chi connectivity index (χ2n) is 8.79. The minimum absolute atomic E-state index is 0.0248. The van der Waals surface area contributed by atoms with Crippen molar-refractivity contribution in [2.75, 3.05) is 65.4 Å². The van der Waals surface area contributed by atoms with Crippen LogP contribution in [0.15, 0.2) is 17.1 Å². The molecule has 2 aliphatic carbocycles. The summed E-state index contributed by atoms with van der Waals surface area (Å²) in [6, 6.07) is 0. The minimum Gasteiger partial charge on any atom is -0.357 e. The Kier molecular flexibility index (Phi) is 6.73. The van der Waals surface area contributed by atoms with Crippen molar-refractivity contribution in [1.29, 1.82) is 0 Å². The number of carbonyl (C=O) groups is 2. The van der Waals surface area contributed by atoms with Crippen LogP contribution < -0.4 is 10.6 Å².